The Kier molecular flexibility index (Phi) is 6.23. The minimum absolute atomic E-state index is 0.177. The van der Waals surface area contributed by atoms with Crippen molar-refractivity contribution in [2.24, 2.45) is 4.99 Å². The van der Waals surface area contributed by atoms with Gasteiger partial charge in [0.2, 0.25) is 0 Å². The molecule has 0 bridgehead atoms. The Morgan fingerprint density at radius 2 is 2.15 bits per heavy atom. The predicted molar refractivity (Wildman–Crippen MR) is 112 cm³/mol. The summed E-state index contributed by atoms with van der Waals surface area (Å²) in [6, 6.07) is 8.55. The van der Waals surface area contributed by atoms with E-state index >= 15 is 0 Å². The molecule has 2 heterocycles. The van der Waals surface area contributed by atoms with E-state index in [4.69, 9.17) is 9.15 Å². The number of aliphatic imine (C=N–C) groups is 1. The molecular formula is C18H14Br2N2O4S. The number of carbonyl (C=O) groups is 2. The number of rotatable bonds is 4. The summed E-state index contributed by atoms with van der Waals surface area (Å²) in [6.45, 7) is 2.06. The van der Waals surface area contributed by atoms with E-state index in [0.29, 0.717) is 38.4 Å². The molecule has 0 atom stereocenters. The van der Waals surface area contributed by atoms with Gasteiger partial charge >= 0.3 is 5.97 Å². The number of halogens is 2. The van der Waals surface area contributed by atoms with Crippen LogP contribution in [-0.2, 0) is 9.53 Å². The number of thioether (sulfide) groups is 1. The molecule has 0 N–H and O–H groups in total. The molecule has 0 saturated carbocycles. The molecule has 1 saturated heterocycles. The Morgan fingerprint density at radius 1 is 1.37 bits per heavy atom. The second kappa shape index (κ2) is 8.45. The summed E-state index contributed by atoms with van der Waals surface area (Å²) in [5, 5.41) is 0.511. The average molecular weight is 514 g/mol. The average Bonchev–Trinajstić information content (AvgIpc) is 3.09. The molecule has 1 aromatic carbocycles. The normalized spacial score (nSPS) is 17.2. The van der Waals surface area contributed by atoms with Crippen LogP contribution in [-0.4, -0.2) is 35.6 Å². The smallest absolute Gasteiger partial charge is 0.338 e. The van der Waals surface area contributed by atoms with Crippen LogP contribution in [0.15, 0.2) is 53.8 Å². The Balaban J connectivity index is 1.86. The lowest BCUT2D eigenvalue weighted by atomic mass is 10.2. The van der Waals surface area contributed by atoms with Crippen LogP contribution in [0.4, 0.5) is 5.69 Å². The highest BCUT2D eigenvalue weighted by molar-refractivity contribution is 9.13. The van der Waals surface area contributed by atoms with Gasteiger partial charge in [-0.15, -0.1) is 0 Å². The molecule has 0 aliphatic carbocycles. The van der Waals surface area contributed by atoms with Gasteiger partial charge in [0.15, 0.2) is 9.84 Å². The molecule has 0 spiro atoms. The lowest BCUT2D eigenvalue weighted by Crippen LogP contribution is -2.23. The van der Waals surface area contributed by atoms with Gasteiger partial charge in [0.05, 0.1) is 27.2 Å². The van der Waals surface area contributed by atoms with E-state index < -0.39 is 5.97 Å². The van der Waals surface area contributed by atoms with E-state index in [2.05, 4.69) is 36.9 Å². The molecule has 6 nitrogen and oxygen atoms in total. The molecule has 1 aliphatic heterocycles. The van der Waals surface area contributed by atoms with Gasteiger partial charge in [-0.2, -0.15) is 0 Å². The van der Waals surface area contributed by atoms with Crippen LogP contribution in [0.3, 0.4) is 0 Å². The van der Waals surface area contributed by atoms with Crippen molar-refractivity contribution < 1.29 is 18.7 Å². The number of benzene rings is 1. The van der Waals surface area contributed by atoms with Gasteiger partial charge in [-0.25, -0.2) is 9.79 Å². The summed E-state index contributed by atoms with van der Waals surface area (Å²) in [7, 11) is 1.65. The van der Waals surface area contributed by atoms with Crippen molar-refractivity contribution in [2.45, 2.75) is 6.92 Å². The zero-order chi connectivity index (χ0) is 19.6. The highest BCUT2D eigenvalue weighted by Crippen LogP contribution is 2.35. The molecule has 140 valence electrons. The van der Waals surface area contributed by atoms with Crippen molar-refractivity contribution in [2.75, 3.05) is 13.7 Å². The number of nitrogens with zero attached hydrogens (tertiary/aromatic N) is 2. The molecule has 1 amide bonds. The van der Waals surface area contributed by atoms with Crippen molar-refractivity contribution in [3.8, 4) is 0 Å². The molecule has 1 aliphatic rings. The summed E-state index contributed by atoms with van der Waals surface area (Å²) in [6.07, 6.45) is 1.66. The van der Waals surface area contributed by atoms with Crippen LogP contribution >= 0.6 is 43.6 Å². The number of amidine groups is 1. The standard InChI is InChI=1S/C18H14Br2N2O4S/c1-3-25-17(24)10-5-4-6-11(7-10)21-18-22(2)16(23)14(27-18)9-12-8-13(19)15(20)26-12/h4-9H,3H2,1-2H3. The van der Waals surface area contributed by atoms with Gasteiger partial charge in [-0.1, -0.05) is 6.07 Å². The van der Waals surface area contributed by atoms with Crippen molar-refractivity contribution in [1.82, 2.24) is 4.90 Å². The summed E-state index contributed by atoms with van der Waals surface area (Å²) >= 11 is 7.85. The van der Waals surface area contributed by atoms with Crippen molar-refractivity contribution in [3.63, 3.8) is 0 Å². The number of likely N-dealkylation sites (N-methyl/N-ethyl adjacent to an activating group) is 1. The van der Waals surface area contributed by atoms with E-state index in [-0.39, 0.29) is 5.91 Å². The monoisotopic (exact) mass is 512 g/mol. The SMILES string of the molecule is CCOC(=O)c1cccc(N=C2SC(=Cc3cc(Br)c(Br)o3)C(=O)N2C)c1. The largest absolute Gasteiger partial charge is 0.462 e. The molecule has 0 unspecified atom stereocenters. The Labute approximate surface area is 176 Å². The minimum Gasteiger partial charge on any atom is -0.462 e. The van der Waals surface area contributed by atoms with E-state index in [0.717, 1.165) is 4.47 Å². The molecule has 1 aromatic heterocycles. The van der Waals surface area contributed by atoms with Crippen LogP contribution in [0.1, 0.15) is 23.0 Å². The Hall–Kier alpha value is -1.84. The van der Waals surface area contributed by atoms with Crippen molar-refractivity contribution >= 4 is 72.4 Å². The predicted octanol–water partition coefficient (Wildman–Crippen LogP) is 5.22. The van der Waals surface area contributed by atoms with Gasteiger partial charge in [0.25, 0.3) is 5.91 Å². The van der Waals surface area contributed by atoms with Crippen LogP contribution in [0.25, 0.3) is 6.08 Å². The maximum absolute atomic E-state index is 12.5. The van der Waals surface area contributed by atoms with Crippen molar-refractivity contribution in [1.29, 1.82) is 0 Å². The fourth-order valence-electron chi connectivity index (χ4n) is 2.24. The fraction of sp³-hybridized carbons (Fsp3) is 0.167. The molecule has 2 aromatic rings. The van der Waals surface area contributed by atoms with Crippen LogP contribution < -0.4 is 0 Å². The number of amides is 1. The van der Waals surface area contributed by atoms with Gasteiger partial charge in [-0.05, 0) is 74.8 Å². The lowest BCUT2D eigenvalue weighted by molar-refractivity contribution is -0.121. The Morgan fingerprint density at radius 3 is 2.81 bits per heavy atom. The van der Waals surface area contributed by atoms with Crippen LogP contribution in [0.2, 0.25) is 0 Å². The first-order chi connectivity index (χ1) is 12.9. The summed E-state index contributed by atoms with van der Waals surface area (Å²) in [5.74, 6) is -0.0369. The van der Waals surface area contributed by atoms with E-state index in [1.807, 2.05) is 0 Å². The molecule has 9 heteroatoms. The van der Waals surface area contributed by atoms with Crippen LogP contribution in [0, 0.1) is 0 Å². The third kappa shape index (κ3) is 4.53. The van der Waals surface area contributed by atoms with Crippen molar-refractivity contribution in [3.05, 3.63) is 55.7 Å². The second-order valence-corrected chi connectivity index (χ2v) is 7.99. The highest BCUT2D eigenvalue weighted by atomic mass is 79.9. The minimum atomic E-state index is -0.405. The zero-order valence-corrected chi connectivity index (χ0v) is 18.4. The number of esters is 1. The van der Waals surface area contributed by atoms with E-state index in [1.54, 1.807) is 50.4 Å². The first-order valence-corrected chi connectivity index (χ1v) is 10.3. The number of furan rings is 1. The first kappa shape index (κ1) is 19.9. The quantitative estimate of drug-likeness (QED) is 0.414. The third-order valence-electron chi connectivity index (χ3n) is 3.52. The second-order valence-electron chi connectivity index (χ2n) is 5.41. The molecular weight excluding hydrogens is 500 g/mol. The van der Waals surface area contributed by atoms with Gasteiger partial charge in [0, 0.05) is 13.1 Å². The molecule has 27 heavy (non-hydrogen) atoms. The summed E-state index contributed by atoms with van der Waals surface area (Å²) in [4.78, 5) is 30.8. The number of hydrogen-bond donors (Lipinski definition) is 0. The van der Waals surface area contributed by atoms with Gasteiger partial charge in [0.1, 0.15) is 5.76 Å². The zero-order valence-electron chi connectivity index (χ0n) is 14.4. The number of hydrogen-bond acceptors (Lipinski definition) is 6. The van der Waals surface area contributed by atoms with Gasteiger partial charge in [-0.3, -0.25) is 9.69 Å². The highest BCUT2D eigenvalue weighted by Gasteiger charge is 2.30. The Bertz CT molecular complexity index is 949. The number of ether oxygens (including phenoxy) is 1. The van der Waals surface area contributed by atoms with E-state index in [1.165, 1.54) is 16.7 Å². The third-order valence-corrected chi connectivity index (χ3v) is 6.29. The molecule has 3 rings (SSSR count). The lowest BCUT2D eigenvalue weighted by Gasteiger charge is -2.07. The fourth-order valence-corrected chi connectivity index (χ4v) is 3.82. The summed E-state index contributed by atoms with van der Waals surface area (Å²) < 4.78 is 11.8. The maximum atomic E-state index is 12.5. The maximum Gasteiger partial charge on any atom is 0.338 e. The van der Waals surface area contributed by atoms with Crippen LogP contribution in [0.5, 0.6) is 0 Å². The summed E-state index contributed by atoms with van der Waals surface area (Å²) in [5.41, 5.74) is 0.976. The first-order valence-electron chi connectivity index (χ1n) is 7.87. The molecule has 0 radical (unpaired) electrons. The number of carbonyl (C=O) groups excluding carboxylic acids is 2. The van der Waals surface area contributed by atoms with Gasteiger partial charge < -0.3 is 9.15 Å². The van der Waals surface area contributed by atoms with E-state index in [9.17, 15) is 9.59 Å². The molecule has 1 fully saturated rings. The topological polar surface area (TPSA) is 72.1 Å².